The normalized spacial score (nSPS) is 22.2. The Morgan fingerprint density at radius 2 is 2.05 bits per heavy atom. The molecule has 19 heavy (non-hydrogen) atoms. The predicted molar refractivity (Wildman–Crippen MR) is 81.1 cm³/mol. The number of likely N-dealkylation sites (tertiary alicyclic amines) is 1. The van der Waals surface area contributed by atoms with Gasteiger partial charge in [-0.25, -0.2) is 0 Å². The molecular weight excluding hydrogens is 258 g/mol. The quantitative estimate of drug-likeness (QED) is 0.749. The second kappa shape index (κ2) is 7.16. The maximum atomic E-state index is 6.55. The van der Waals surface area contributed by atoms with E-state index >= 15 is 0 Å². The minimum atomic E-state index is 0.0660. The summed E-state index contributed by atoms with van der Waals surface area (Å²) in [6, 6.07) is 8.84. The van der Waals surface area contributed by atoms with Gasteiger partial charge < -0.3 is 4.74 Å². The molecule has 106 valence electrons. The standard InChI is InChI=1S/C16H24ClNO/c1-3-19-15-9-7-14(8-10-15)16(17)12-18-11-5-4-6-13(18)2/h7-10,13,16H,3-6,11-12H2,1-2H3. The molecule has 0 saturated carbocycles. The second-order valence-corrected chi connectivity index (χ2v) is 5.84. The maximum Gasteiger partial charge on any atom is 0.119 e. The van der Waals surface area contributed by atoms with Crippen LogP contribution in [-0.2, 0) is 0 Å². The van der Waals surface area contributed by atoms with Gasteiger partial charge in [-0.1, -0.05) is 18.6 Å². The average Bonchev–Trinajstić information content (AvgIpc) is 2.42. The van der Waals surface area contributed by atoms with Crippen LogP contribution in [-0.4, -0.2) is 30.6 Å². The molecule has 0 radical (unpaired) electrons. The third-order valence-electron chi connectivity index (χ3n) is 3.89. The zero-order chi connectivity index (χ0) is 13.7. The number of hydrogen-bond acceptors (Lipinski definition) is 2. The van der Waals surface area contributed by atoms with Gasteiger partial charge in [0.1, 0.15) is 5.75 Å². The van der Waals surface area contributed by atoms with Gasteiger partial charge in [-0.05, 0) is 50.9 Å². The minimum Gasteiger partial charge on any atom is -0.494 e. The van der Waals surface area contributed by atoms with E-state index in [0.29, 0.717) is 12.6 Å². The number of halogens is 1. The van der Waals surface area contributed by atoms with E-state index in [9.17, 15) is 0 Å². The first-order chi connectivity index (χ1) is 9.20. The molecule has 2 nitrogen and oxygen atoms in total. The van der Waals surface area contributed by atoms with E-state index in [1.807, 2.05) is 19.1 Å². The summed E-state index contributed by atoms with van der Waals surface area (Å²) in [5.41, 5.74) is 1.18. The number of rotatable bonds is 5. The van der Waals surface area contributed by atoms with Crippen molar-refractivity contribution in [2.75, 3.05) is 19.7 Å². The molecule has 0 spiro atoms. The first-order valence-corrected chi connectivity index (χ1v) is 7.75. The molecule has 0 bridgehead atoms. The summed E-state index contributed by atoms with van der Waals surface area (Å²) >= 11 is 6.55. The fraction of sp³-hybridized carbons (Fsp3) is 0.625. The molecular formula is C16H24ClNO. The van der Waals surface area contributed by atoms with Gasteiger partial charge in [0.05, 0.1) is 12.0 Å². The Labute approximate surface area is 121 Å². The van der Waals surface area contributed by atoms with Crippen LogP contribution < -0.4 is 4.74 Å². The highest BCUT2D eigenvalue weighted by Gasteiger charge is 2.21. The SMILES string of the molecule is CCOc1ccc(C(Cl)CN2CCCCC2C)cc1. The van der Waals surface area contributed by atoms with Gasteiger partial charge >= 0.3 is 0 Å². The van der Waals surface area contributed by atoms with Crippen LogP contribution in [0.3, 0.4) is 0 Å². The molecule has 0 aromatic heterocycles. The lowest BCUT2D eigenvalue weighted by Crippen LogP contribution is -2.39. The van der Waals surface area contributed by atoms with Crippen LogP contribution in [0.15, 0.2) is 24.3 Å². The third-order valence-corrected chi connectivity index (χ3v) is 4.28. The van der Waals surface area contributed by atoms with E-state index in [4.69, 9.17) is 16.3 Å². The summed E-state index contributed by atoms with van der Waals surface area (Å²) in [5.74, 6) is 0.918. The van der Waals surface area contributed by atoms with E-state index < -0.39 is 0 Å². The van der Waals surface area contributed by atoms with Gasteiger partial charge in [-0.2, -0.15) is 0 Å². The highest BCUT2D eigenvalue weighted by molar-refractivity contribution is 6.21. The van der Waals surface area contributed by atoms with Crippen LogP contribution in [0.2, 0.25) is 0 Å². The van der Waals surface area contributed by atoms with Crippen molar-refractivity contribution in [3.63, 3.8) is 0 Å². The molecule has 2 atom stereocenters. The van der Waals surface area contributed by atoms with Crippen molar-refractivity contribution in [1.82, 2.24) is 4.90 Å². The summed E-state index contributed by atoms with van der Waals surface area (Å²) in [5, 5.41) is 0.0660. The van der Waals surface area contributed by atoms with Crippen LogP contribution in [0.25, 0.3) is 0 Å². The molecule has 1 aromatic carbocycles. The molecule has 1 aliphatic rings. The summed E-state index contributed by atoms with van der Waals surface area (Å²) in [7, 11) is 0. The Bertz CT molecular complexity index is 379. The van der Waals surface area contributed by atoms with E-state index in [0.717, 1.165) is 12.3 Å². The molecule has 1 heterocycles. The van der Waals surface area contributed by atoms with Gasteiger partial charge in [0.25, 0.3) is 0 Å². The highest BCUT2D eigenvalue weighted by atomic mass is 35.5. The van der Waals surface area contributed by atoms with Gasteiger partial charge in [0, 0.05) is 12.6 Å². The molecule has 1 fully saturated rings. The number of benzene rings is 1. The summed E-state index contributed by atoms with van der Waals surface area (Å²) in [4.78, 5) is 2.51. The Morgan fingerprint density at radius 3 is 2.68 bits per heavy atom. The molecule has 0 amide bonds. The molecule has 0 N–H and O–H groups in total. The molecule has 1 aliphatic heterocycles. The van der Waals surface area contributed by atoms with Gasteiger partial charge in [0.15, 0.2) is 0 Å². The fourth-order valence-corrected chi connectivity index (χ4v) is 3.00. The largest absolute Gasteiger partial charge is 0.494 e. The lowest BCUT2D eigenvalue weighted by molar-refractivity contribution is 0.161. The zero-order valence-electron chi connectivity index (χ0n) is 11.9. The first-order valence-electron chi connectivity index (χ1n) is 7.31. The van der Waals surface area contributed by atoms with Crippen molar-refractivity contribution in [2.24, 2.45) is 0 Å². The summed E-state index contributed by atoms with van der Waals surface area (Å²) in [6.07, 6.45) is 3.96. The lowest BCUT2D eigenvalue weighted by Gasteiger charge is -2.34. The smallest absolute Gasteiger partial charge is 0.119 e. The molecule has 0 aliphatic carbocycles. The van der Waals surface area contributed by atoms with Crippen molar-refractivity contribution >= 4 is 11.6 Å². The maximum absolute atomic E-state index is 6.55. The topological polar surface area (TPSA) is 12.5 Å². The average molecular weight is 282 g/mol. The predicted octanol–water partition coefficient (Wildman–Crippen LogP) is 4.24. The second-order valence-electron chi connectivity index (χ2n) is 5.31. The number of hydrogen-bond donors (Lipinski definition) is 0. The highest BCUT2D eigenvalue weighted by Crippen LogP contribution is 2.27. The van der Waals surface area contributed by atoms with Crippen molar-refractivity contribution in [1.29, 1.82) is 0 Å². The van der Waals surface area contributed by atoms with Crippen LogP contribution in [0.5, 0.6) is 5.75 Å². The van der Waals surface area contributed by atoms with Crippen molar-refractivity contribution in [3.05, 3.63) is 29.8 Å². The van der Waals surface area contributed by atoms with Crippen LogP contribution in [0, 0.1) is 0 Å². The van der Waals surface area contributed by atoms with E-state index in [1.54, 1.807) is 0 Å². The Morgan fingerprint density at radius 1 is 1.32 bits per heavy atom. The van der Waals surface area contributed by atoms with Gasteiger partial charge in [-0.15, -0.1) is 11.6 Å². The number of piperidine rings is 1. The van der Waals surface area contributed by atoms with E-state index in [1.165, 1.54) is 31.4 Å². The Balaban J connectivity index is 1.93. The molecule has 1 aromatic rings. The van der Waals surface area contributed by atoms with Crippen LogP contribution in [0.4, 0.5) is 0 Å². The monoisotopic (exact) mass is 281 g/mol. The van der Waals surface area contributed by atoms with Gasteiger partial charge in [0.2, 0.25) is 0 Å². The first kappa shape index (κ1) is 14.7. The van der Waals surface area contributed by atoms with Crippen molar-refractivity contribution < 1.29 is 4.74 Å². The van der Waals surface area contributed by atoms with Crippen LogP contribution >= 0.6 is 11.6 Å². The van der Waals surface area contributed by atoms with E-state index in [2.05, 4.69) is 24.0 Å². The molecule has 1 saturated heterocycles. The summed E-state index contributed by atoms with van der Waals surface area (Å²) in [6.45, 7) is 7.13. The number of nitrogens with zero attached hydrogens (tertiary/aromatic N) is 1. The van der Waals surface area contributed by atoms with Crippen molar-refractivity contribution in [2.45, 2.75) is 44.5 Å². The minimum absolute atomic E-state index is 0.0660. The summed E-state index contributed by atoms with van der Waals surface area (Å²) < 4.78 is 5.45. The molecule has 2 unspecified atom stereocenters. The number of alkyl halides is 1. The fourth-order valence-electron chi connectivity index (χ4n) is 2.68. The Kier molecular flexibility index (Phi) is 5.53. The third kappa shape index (κ3) is 4.12. The van der Waals surface area contributed by atoms with E-state index in [-0.39, 0.29) is 5.38 Å². The molecule has 2 rings (SSSR count). The Hall–Kier alpha value is -0.730. The lowest BCUT2D eigenvalue weighted by atomic mass is 10.0. The zero-order valence-corrected chi connectivity index (χ0v) is 12.7. The van der Waals surface area contributed by atoms with Crippen molar-refractivity contribution in [3.8, 4) is 5.75 Å². The van der Waals surface area contributed by atoms with Gasteiger partial charge in [-0.3, -0.25) is 4.90 Å². The molecule has 3 heteroatoms. The van der Waals surface area contributed by atoms with Crippen LogP contribution in [0.1, 0.15) is 44.1 Å². The number of ether oxygens (including phenoxy) is 1.